The minimum Gasteiger partial charge on any atom is -0.465 e. The molecule has 1 unspecified atom stereocenters. The van der Waals surface area contributed by atoms with Gasteiger partial charge in [-0.2, -0.15) is 0 Å². The number of nitrogens with zero attached hydrogens (tertiary/aromatic N) is 2. The van der Waals surface area contributed by atoms with E-state index in [1.54, 1.807) is 0 Å². The van der Waals surface area contributed by atoms with Crippen LogP contribution in [0.2, 0.25) is 0 Å². The molecule has 24 heavy (non-hydrogen) atoms. The first-order chi connectivity index (χ1) is 11.4. The van der Waals surface area contributed by atoms with Crippen LogP contribution in [0, 0.1) is 17.8 Å². The quantitative estimate of drug-likeness (QED) is 0.571. The first-order valence-electron chi connectivity index (χ1n) is 9.28. The van der Waals surface area contributed by atoms with Gasteiger partial charge in [0.1, 0.15) is 0 Å². The normalized spacial score (nSPS) is 38.9. The van der Waals surface area contributed by atoms with Crippen molar-refractivity contribution in [2.24, 2.45) is 17.8 Å². The molecule has 0 bridgehead atoms. The van der Waals surface area contributed by atoms with Crippen molar-refractivity contribution in [1.29, 1.82) is 0 Å². The summed E-state index contributed by atoms with van der Waals surface area (Å²) in [5, 5.41) is 0. The number of esters is 1. The van der Waals surface area contributed by atoms with Crippen molar-refractivity contribution in [3.8, 4) is 0 Å². The number of rotatable bonds is 3. The van der Waals surface area contributed by atoms with Crippen LogP contribution in [0.15, 0.2) is 11.9 Å². The number of likely N-dealkylation sites (N-methyl/N-ethyl adjacent to an activating group) is 2. The SMILES string of the molecule is C[C@@H]1C(=O)OCCC1[C@@H](C)/C=C/P1(=O)N(C)[C@@H]2CCCC[C@H]2N1C. The zero-order valence-electron chi connectivity index (χ0n) is 15.4. The molecule has 3 fully saturated rings. The molecule has 0 aromatic heterocycles. The average molecular weight is 354 g/mol. The maximum absolute atomic E-state index is 13.6. The van der Waals surface area contributed by atoms with E-state index in [-0.39, 0.29) is 23.7 Å². The van der Waals surface area contributed by atoms with Crippen molar-refractivity contribution in [3.63, 3.8) is 0 Å². The van der Waals surface area contributed by atoms with Crippen LogP contribution in [0.3, 0.4) is 0 Å². The molecule has 3 rings (SSSR count). The van der Waals surface area contributed by atoms with E-state index in [0.717, 1.165) is 19.3 Å². The molecule has 0 radical (unpaired) electrons. The molecular weight excluding hydrogens is 323 g/mol. The molecule has 1 saturated carbocycles. The van der Waals surface area contributed by atoms with Gasteiger partial charge >= 0.3 is 5.97 Å². The monoisotopic (exact) mass is 354 g/mol. The van der Waals surface area contributed by atoms with Crippen molar-refractivity contribution in [3.05, 3.63) is 11.9 Å². The van der Waals surface area contributed by atoms with Gasteiger partial charge in [-0.1, -0.05) is 32.8 Å². The van der Waals surface area contributed by atoms with Crippen LogP contribution < -0.4 is 0 Å². The highest BCUT2D eigenvalue weighted by Crippen LogP contribution is 2.63. The van der Waals surface area contributed by atoms with Crippen molar-refractivity contribution < 1.29 is 14.1 Å². The van der Waals surface area contributed by atoms with E-state index >= 15 is 0 Å². The molecule has 0 aromatic carbocycles. The Morgan fingerprint density at radius 2 is 1.75 bits per heavy atom. The van der Waals surface area contributed by atoms with E-state index in [4.69, 9.17) is 4.74 Å². The van der Waals surface area contributed by atoms with Crippen LogP contribution in [0.1, 0.15) is 46.0 Å². The second-order valence-corrected chi connectivity index (χ2v) is 10.5. The number of hydrogen-bond acceptors (Lipinski definition) is 3. The van der Waals surface area contributed by atoms with Gasteiger partial charge in [-0.25, -0.2) is 9.34 Å². The van der Waals surface area contributed by atoms with E-state index in [1.807, 2.05) is 26.8 Å². The summed E-state index contributed by atoms with van der Waals surface area (Å²) in [4.78, 5) is 11.8. The van der Waals surface area contributed by atoms with Crippen LogP contribution in [0.5, 0.6) is 0 Å². The molecule has 0 aromatic rings. The molecule has 5 nitrogen and oxygen atoms in total. The Kier molecular flexibility index (Phi) is 5.25. The standard InChI is InChI=1S/C18H31N2O3P/c1-13(15-9-11-23-18(21)14(15)2)10-12-24(22)19(3)16-7-5-6-8-17(16)20(24)4/h10,12-17H,5-9,11H2,1-4H3/b12-10+/t13-,14-,15?,16+,17+/m0/s1. The molecule has 1 aliphatic carbocycles. The molecule has 3 aliphatic rings. The second-order valence-electron chi connectivity index (χ2n) is 7.76. The summed E-state index contributed by atoms with van der Waals surface area (Å²) in [6.45, 7) is 4.58. The number of carbonyl (C=O) groups excluding carboxylic acids is 1. The fourth-order valence-corrected chi connectivity index (χ4v) is 7.53. The fourth-order valence-electron chi connectivity index (χ4n) is 4.78. The molecule has 2 aliphatic heterocycles. The van der Waals surface area contributed by atoms with Gasteiger partial charge in [-0.05, 0) is 45.2 Å². The van der Waals surface area contributed by atoms with Crippen molar-refractivity contribution in [2.75, 3.05) is 20.7 Å². The molecule has 0 amide bonds. The largest absolute Gasteiger partial charge is 0.465 e. The van der Waals surface area contributed by atoms with Crippen LogP contribution in [0.4, 0.5) is 0 Å². The minimum absolute atomic E-state index is 0.0825. The summed E-state index contributed by atoms with van der Waals surface area (Å²) in [6.07, 6.45) is 7.74. The van der Waals surface area contributed by atoms with Gasteiger partial charge in [0.2, 0.25) is 7.44 Å². The van der Waals surface area contributed by atoms with E-state index in [9.17, 15) is 9.36 Å². The van der Waals surface area contributed by atoms with Crippen molar-refractivity contribution in [2.45, 2.75) is 58.0 Å². The van der Waals surface area contributed by atoms with Crippen LogP contribution in [-0.2, 0) is 14.1 Å². The van der Waals surface area contributed by atoms with Gasteiger partial charge in [-0.15, -0.1) is 0 Å². The lowest BCUT2D eigenvalue weighted by Gasteiger charge is -2.31. The highest BCUT2D eigenvalue weighted by molar-refractivity contribution is 7.62. The Morgan fingerprint density at radius 3 is 2.33 bits per heavy atom. The third-order valence-corrected chi connectivity index (χ3v) is 9.49. The lowest BCUT2D eigenvalue weighted by molar-refractivity contribution is -0.156. The van der Waals surface area contributed by atoms with E-state index in [2.05, 4.69) is 22.3 Å². The van der Waals surface area contributed by atoms with Crippen LogP contribution in [0.25, 0.3) is 0 Å². The number of fused-ring (bicyclic) bond motifs is 1. The molecule has 2 heterocycles. The number of cyclic esters (lactones) is 1. The minimum atomic E-state index is -2.63. The maximum atomic E-state index is 13.6. The first kappa shape index (κ1) is 18.2. The summed E-state index contributed by atoms with van der Waals surface area (Å²) in [7, 11) is 1.41. The summed E-state index contributed by atoms with van der Waals surface area (Å²) < 4.78 is 23.0. The predicted octanol–water partition coefficient (Wildman–Crippen LogP) is 3.72. The molecule has 6 heteroatoms. The van der Waals surface area contributed by atoms with Crippen LogP contribution in [-0.4, -0.2) is 48.1 Å². The average Bonchev–Trinajstić information content (AvgIpc) is 2.78. The lowest BCUT2D eigenvalue weighted by Crippen LogP contribution is -2.37. The molecule has 2 saturated heterocycles. The zero-order valence-corrected chi connectivity index (χ0v) is 16.2. The number of ether oxygens (including phenoxy) is 1. The molecule has 5 atom stereocenters. The summed E-state index contributed by atoms with van der Waals surface area (Å²) in [6, 6.07) is 0.830. The highest BCUT2D eigenvalue weighted by atomic mass is 31.2. The lowest BCUT2D eigenvalue weighted by atomic mass is 9.80. The van der Waals surface area contributed by atoms with E-state index in [0.29, 0.717) is 18.7 Å². The van der Waals surface area contributed by atoms with Crippen LogP contribution >= 0.6 is 7.44 Å². The van der Waals surface area contributed by atoms with E-state index < -0.39 is 7.44 Å². The zero-order chi connectivity index (χ0) is 17.5. The molecule has 136 valence electrons. The Balaban J connectivity index is 1.75. The van der Waals surface area contributed by atoms with Gasteiger partial charge in [-0.3, -0.25) is 9.36 Å². The Bertz CT molecular complexity index is 542. The van der Waals surface area contributed by atoms with Gasteiger partial charge in [0, 0.05) is 17.9 Å². The van der Waals surface area contributed by atoms with Gasteiger partial charge in [0.15, 0.2) is 0 Å². The second kappa shape index (κ2) is 6.93. The summed E-state index contributed by atoms with van der Waals surface area (Å²) >= 11 is 0. The number of carbonyl (C=O) groups is 1. The predicted molar refractivity (Wildman–Crippen MR) is 95.7 cm³/mol. The fraction of sp³-hybridized carbons (Fsp3) is 0.833. The highest BCUT2D eigenvalue weighted by Gasteiger charge is 2.50. The third kappa shape index (κ3) is 3.00. The third-order valence-electron chi connectivity index (χ3n) is 6.53. The van der Waals surface area contributed by atoms with Gasteiger partial charge in [0.05, 0.1) is 12.5 Å². The topological polar surface area (TPSA) is 49.9 Å². The Morgan fingerprint density at radius 1 is 1.17 bits per heavy atom. The number of allylic oxidation sites excluding steroid dienone is 1. The first-order valence-corrected chi connectivity index (χ1v) is 11.0. The van der Waals surface area contributed by atoms with E-state index in [1.165, 1.54) is 12.8 Å². The van der Waals surface area contributed by atoms with Gasteiger partial charge in [0.25, 0.3) is 0 Å². The molecule has 0 N–H and O–H groups in total. The summed E-state index contributed by atoms with van der Waals surface area (Å²) in [5.41, 5.74) is 0. The Labute approximate surface area is 145 Å². The van der Waals surface area contributed by atoms with Gasteiger partial charge < -0.3 is 4.74 Å². The Hall–Kier alpha value is -0.640. The summed E-state index contributed by atoms with van der Waals surface area (Å²) in [5.74, 6) is 2.26. The van der Waals surface area contributed by atoms with Crippen molar-refractivity contribution in [1.82, 2.24) is 9.34 Å². The smallest absolute Gasteiger partial charge is 0.308 e. The molecule has 0 spiro atoms. The van der Waals surface area contributed by atoms with Crippen molar-refractivity contribution >= 4 is 13.4 Å². The maximum Gasteiger partial charge on any atom is 0.308 e. The number of hydrogen-bond donors (Lipinski definition) is 0. The molecular formula is C18H31N2O3P.